The van der Waals surface area contributed by atoms with Crippen LogP contribution in [0.5, 0.6) is 11.5 Å². The molecular formula is C18H27NO5. The highest BCUT2D eigenvalue weighted by molar-refractivity contribution is 5.84. The van der Waals surface area contributed by atoms with E-state index in [2.05, 4.69) is 5.32 Å². The van der Waals surface area contributed by atoms with Crippen LogP contribution < -0.4 is 14.8 Å². The lowest BCUT2D eigenvalue weighted by Crippen LogP contribution is -2.46. The number of aliphatic carboxylic acids is 1. The number of nitrogens with one attached hydrogen (secondary N) is 1. The molecule has 1 aromatic carbocycles. The summed E-state index contributed by atoms with van der Waals surface area (Å²) < 4.78 is 10.9. The number of benzene rings is 1. The van der Waals surface area contributed by atoms with Gasteiger partial charge in [-0.2, -0.15) is 0 Å². The summed E-state index contributed by atoms with van der Waals surface area (Å²) in [5.74, 6) is -0.445. The zero-order chi connectivity index (χ0) is 18.5. The van der Waals surface area contributed by atoms with Crippen LogP contribution in [0.3, 0.4) is 0 Å². The van der Waals surface area contributed by atoms with Crippen LogP contribution in [-0.4, -0.2) is 36.7 Å². The van der Waals surface area contributed by atoms with Crippen LogP contribution >= 0.6 is 0 Å². The zero-order valence-corrected chi connectivity index (χ0v) is 15.2. The first-order chi connectivity index (χ1) is 11.1. The molecule has 0 aliphatic carbocycles. The summed E-state index contributed by atoms with van der Waals surface area (Å²) in [6.45, 7) is 9.34. The third kappa shape index (κ3) is 5.44. The first-order valence-electron chi connectivity index (χ1n) is 7.89. The van der Waals surface area contributed by atoms with Crippen molar-refractivity contribution in [3.8, 4) is 11.5 Å². The van der Waals surface area contributed by atoms with Crippen molar-refractivity contribution < 1.29 is 24.2 Å². The maximum Gasteiger partial charge on any atom is 0.326 e. The van der Waals surface area contributed by atoms with Gasteiger partial charge in [-0.1, -0.05) is 34.6 Å². The van der Waals surface area contributed by atoms with E-state index in [4.69, 9.17) is 14.6 Å². The molecule has 2 N–H and O–H groups in total. The Morgan fingerprint density at radius 2 is 1.88 bits per heavy atom. The second-order valence-corrected chi connectivity index (χ2v) is 7.03. The summed E-state index contributed by atoms with van der Waals surface area (Å²) in [4.78, 5) is 23.1. The number of amides is 1. The van der Waals surface area contributed by atoms with Crippen LogP contribution in [0.4, 0.5) is 0 Å². The molecule has 1 amide bonds. The lowest BCUT2D eigenvalue weighted by molar-refractivity contribution is -0.143. The van der Waals surface area contributed by atoms with Crippen molar-refractivity contribution in [2.75, 3.05) is 13.7 Å². The molecule has 1 unspecified atom stereocenters. The topological polar surface area (TPSA) is 84.9 Å². The van der Waals surface area contributed by atoms with E-state index in [0.717, 1.165) is 5.56 Å². The van der Waals surface area contributed by atoms with Gasteiger partial charge in [0.1, 0.15) is 17.5 Å². The van der Waals surface area contributed by atoms with Crippen molar-refractivity contribution >= 4 is 11.9 Å². The second kappa shape index (κ2) is 8.04. The lowest BCUT2D eigenvalue weighted by Gasteiger charge is -2.24. The van der Waals surface area contributed by atoms with E-state index >= 15 is 0 Å². The largest absolute Gasteiger partial charge is 0.497 e. The summed E-state index contributed by atoms with van der Waals surface area (Å²) in [6, 6.07) is 4.46. The zero-order valence-electron chi connectivity index (χ0n) is 15.2. The van der Waals surface area contributed by atoms with Crippen molar-refractivity contribution in [1.29, 1.82) is 0 Å². The minimum Gasteiger partial charge on any atom is -0.497 e. The highest BCUT2D eigenvalue weighted by Crippen LogP contribution is 2.34. The quantitative estimate of drug-likeness (QED) is 0.799. The van der Waals surface area contributed by atoms with Crippen LogP contribution in [0.25, 0.3) is 0 Å². The minimum atomic E-state index is -1.06. The summed E-state index contributed by atoms with van der Waals surface area (Å²) in [5.41, 5.74) is 0.718. The molecule has 0 spiro atoms. The smallest absolute Gasteiger partial charge is 0.326 e. The van der Waals surface area contributed by atoms with Crippen molar-refractivity contribution in [2.24, 2.45) is 5.92 Å². The van der Waals surface area contributed by atoms with Gasteiger partial charge in [0.2, 0.25) is 0 Å². The first-order valence-corrected chi connectivity index (χ1v) is 7.89. The fourth-order valence-corrected chi connectivity index (χ4v) is 2.22. The van der Waals surface area contributed by atoms with Crippen molar-refractivity contribution in [2.45, 2.75) is 46.1 Å². The number of carbonyl (C=O) groups is 2. The normalized spacial score (nSPS) is 12.6. The molecule has 0 radical (unpaired) electrons. The summed E-state index contributed by atoms with van der Waals surface area (Å²) in [7, 11) is 1.59. The van der Waals surface area contributed by atoms with Crippen molar-refractivity contribution in [3.05, 3.63) is 23.8 Å². The Morgan fingerprint density at radius 3 is 2.33 bits per heavy atom. The number of carboxylic acids is 1. The molecule has 1 atom stereocenters. The standard InChI is InChI=1S/C18H27NO5/c1-11(2)16(17(21)22)19-15(20)10-24-14-8-7-12(23-6)9-13(14)18(3,4)5/h7-9,11,16H,10H2,1-6H3,(H,19,20)(H,21,22). The van der Waals surface area contributed by atoms with Gasteiger partial charge in [0.05, 0.1) is 7.11 Å². The van der Waals surface area contributed by atoms with Gasteiger partial charge in [0, 0.05) is 5.56 Å². The molecule has 0 fully saturated rings. The third-order valence-electron chi connectivity index (χ3n) is 3.60. The van der Waals surface area contributed by atoms with E-state index < -0.39 is 17.9 Å². The molecule has 6 nitrogen and oxygen atoms in total. The number of carboxylic acid groups (broad SMARTS) is 1. The molecule has 1 aromatic rings. The molecule has 0 aliphatic heterocycles. The molecule has 6 heteroatoms. The van der Waals surface area contributed by atoms with E-state index in [9.17, 15) is 9.59 Å². The molecule has 0 aromatic heterocycles. The molecule has 24 heavy (non-hydrogen) atoms. The summed E-state index contributed by atoms with van der Waals surface area (Å²) in [6.07, 6.45) is 0. The maximum atomic E-state index is 12.0. The molecular weight excluding hydrogens is 310 g/mol. The predicted octanol–water partition coefficient (Wildman–Crippen LogP) is 2.60. The van der Waals surface area contributed by atoms with Gasteiger partial charge >= 0.3 is 5.97 Å². The van der Waals surface area contributed by atoms with E-state index in [-0.39, 0.29) is 17.9 Å². The van der Waals surface area contributed by atoms with Gasteiger partial charge in [-0.15, -0.1) is 0 Å². The van der Waals surface area contributed by atoms with Gasteiger partial charge < -0.3 is 19.9 Å². The fraction of sp³-hybridized carbons (Fsp3) is 0.556. The molecule has 0 aliphatic rings. The monoisotopic (exact) mass is 337 g/mol. The molecule has 0 saturated carbocycles. The number of carbonyl (C=O) groups excluding carboxylic acids is 1. The van der Waals surface area contributed by atoms with Crippen molar-refractivity contribution in [1.82, 2.24) is 5.32 Å². The Hall–Kier alpha value is -2.24. The highest BCUT2D eigenvalue weighted by atomic mass is 16.5. The average Bonchev–Trinajstić information content (AvgIpc) is 2.48. The Morgan fingerprint density at radius 1 is 1.25 bits per heavy atom. The molecule has 1 rings (SSSR count). The van der Waals surface area contributed by atoms with E-state index in [1.807, 2.05) is 26.8 Å². The minimum absolute atomic E-state index is 0.193. The van der Waals surface area contributed by atoms with Crippen LogP contribution in [0.15, 0.2) is 18.2 Å². The average molecular weight is 337 g/mol. The van der Waals surface area contributed by atoms with E-state index in [0.29, 0.717) is 11.5 Å². The van der Waals surface area contributed by atoms with Crippen LogP contribution in [-0.2, 0) is 15.0 Å². The number of hydrogen-bond donors (Lipinski definition) is 2. The van der Waals surface area contributed by atoms with E-state index in [1.165, 1.54) is 0 Å². The SMILES string of the molecule is COc1ccc(OCC(=O)NC(C(=O)O)C(C)C)c(C(C)(C)C)c1. The summed E-state index contributed by atoms with van der Waals surface area (Å²) >= 11 is 0. The van der Waals surface area contributed by atoms with Crippen molar-refractivity contribution in [3.63, 3.8) is 0 Å². The van der Waals surface area contributed by atoms with Gasteiger partial charge in [0.15, 0.2) is 6.61 Å². The van der Waals surface area contributed by atoms with Crippen LogP contribution in [0.1, 0.15) is 40.2 Å². The van der Waals surface area contributed by atoms with Gasteiger partial charge in [-0.3, -0.25) is 4.79 Å². The molecule has 0 saturated heterocycles. The second-order valence-electron chi connectivity index (χ2n) is 7.03. The first kappa shape index (κ1) is 19.8. The summed E-state index contributed by atoms with van der Waals surface area (Å²) in [5, 5.41) is 11.6. The highest BCUT2D eigenvalue weighted by Gasteiger charge is 2.24. The van der Waals surface area contributed by atoms with Crippen LogP contribution in [0, 0.1) is 5.92 Å². The Balaban J connectivity index is 2.83. The van der Waals surface area contributed by atoms with Crippen LogP contribution in [0.2, 0.25) is 0 Å². The Bertz CT molecular complexity index is 590. The third-order valence-corrected chi connectivity index (χ3v) is 3.60. The molecule has 134 valence electrons. The molecule has 0 heterocycles. The van der Waals surface area contributed by atoms with Gasteiger partial charge in [-0.25, -0.2) is 4.79 Å². The number of rotatable bonds is 7. The fourth-order valence-electron chi connectivity index (χ4n) is 2.22. The maximum absolute atomic E-state index is 12.0. The van der Waals surface area contributed by atoms with Gasteiger partial charge in [0.25, 0.3) is 5.91 Å². The van der Waals surface area contributed by atoms with Gasteiger partial charge in [-0.05, 0) is 29.5 Å². The number of ether oxygens (including phenoxy) is 2. The predicted molar refractivity (Wildman–Crippen MR) is 91.6 cm³/mol. The lowest BCUT2D eigenvalue weighted by atomic mass is 9.86. The number of hydrogen-bond acceptors (Lipinski definition) is 4. The molecule has 0 bridgehead atoms. The Labute approximate surface area is 143 Å². The van der Waals surface area contributed by atoms with E-state index in [1.54, 1.807) is 33.1 Å². The Kier molecular flexibility index (Phi) is 6.63. The number of methoxy groups -OCH3 is 1.